The maximum atomic E-state index is 8.93. The molecule has 0 amide bonds. The van der Waals surface area contributed by atoms with E-state index in [9.17, 15) is 0 Å². The van der Waals surface area contributed by atoms with Crippen LogP contribution in [0, 0.1) is 5.41 Å². The van der Waals surface area contributed by atoms with E-state index in [2.05, 4.69) is 41.5 Å². The second-order valence-electron chi connectivity index (χ2n) is 10.4. The third kappa shape index (κ3) is 5.76. The van der Waals surface area contributed by atoms with Gasteiger partial charge in [0, 0.05) is 30.9 Å². The highest BCUT2D eigenvalue weighted by Crippen LogP contribution is 2.28. The Morgan fingerprint density at radius 1 is 0.950 bits per heavy atom. The summed E-state index contributed by atoms with van der Waals surface area (Å²) in [6.07, 6.45) is 9.79. The molecule has 2 fully saturated rings. The third-order valence-electron chi connectivity index (χ3n) is 7.72. The minimum atomic E-state index is 0.221. The molecule has 4 aromatic rings. The summed E-state index contributed by atoms with van der Waals surface area (Å²) in [5.74, 6) is 2.35. The largest absolute Gasteiger partial charge is 0.457 e. The number of nitrogen functional groups attached to an aromatic ring is 1. The zero-order valence-electron chi connectivity index (χ0n) is 22.5. The number of hydrogen-bond acceptors (Lipinski definition) is 9. The minimum Gasteiger partial charge on any atom is -0.457 e. The van der Waals surface area contributed by atoms with E-state index in [-0.39, 0.29) is 17.6 Å². The number of hydrogen-bond donors (Lipinski definition) is 4. The number of nitrogens with one attached hydrogen (secondary N) is 3. The van der Waals surface area contributed by atoms with Gasteiger partial charge in [-0.25, -0.2) is 9.97 Å². The number of para-hydroxylation sites is 1. The van der Waals surface area contributed by atoms with Crippen LogP contribution in [0.4, 0.5) is 17.3 Å². The quantitative estimate of drug-likeness (QED) is 0.242. The van der Waals surface area contributed by atoms with Crippen LogP contribution in [0.2, 0.25) is 0 Å². The second kappa shape index (κ2) is 11.7. The summed E-state index contributed by atoms with van der Waals surface area (Å²) in [5.41, 5.74) is 8.97. The predicted octanol–water partition coefficient (Wildman–Crippen LogP) is 4.47. The van der Waals surface area contributed by atoms with E-state index in [4.69, 9.17) is 15.9 Å². The van der Waals surface area contributed by atoms with Crippen LogP contribution in [-0.4, -0.2) is 57.7 Å². The van der Waals surface area contributed by atoms with E-state index in [0.717, 1.165) is 57.6 Å². The van der Waals surface area contributed by atoms with Crippen molar-refractivity contribution in [1.29, 1.82) is 5.41 Å². The zero-order chi connectivity index (χ0) is 27.3. The van der Waals surface area contributed by atoms with Gasteiger partial charge in [-0.1, -0.05) is 18.2 Å². The fourth-order valence-electron chi connectivity index (χ4n) is 5.45. The van der Waals surface area contributed by atoms with Gasteiger partial charge in [-0.15, -0.1) is 0 Å². The van der Waals surface area contributed by atoms with Crippen LogP contribution in [0.15, 0.2) is 73.3 Å². The van der Waals surface area contributed by atoms with Crippen molar-refractivity contribution in [3.63, 3.8) is 0 Å². The zero-order valence-corrected chi connectivity index (χ0v) is 22.5. The van der Waals surface area contributed by atoms with Crippen molar-refractivity contribution in [2.24, 2.45) is 0 Å². The highest BCUT2D eigenvalue weighted by Gasteiger charge is 2.24. The third-order valence-corrected chi connectivity index (χ3v) is 7.72. The van der Waals surface area contributed by atoms with Crippen LogP contribution in [0.5, 0.6) is 11.5 Å². The lowest BCUT2D eigenvalue weighted by Gasteiger charge is -2.33. The molecule has 0 aliphatic carbocycles. The summed E-state index contributed by atoms with van der Waals surface area (Å²) in [7, 11) is 0. The molecule has 0 unspecified atom stereocenters. The van der Waals surface area contributed by atoms with Crippen LogP contribution >= 0.6 is 0 Å². The highest BCUT2D eigenvalue weighted by atomic mass is 16.5. The first-order chi connectivity index (χ1) is 19.6. The Balaban J connectivity index is 1.09. The molecule has 5 N–H and O–H groups in total. The Bertz CT molecular complexity index is 1420. The lowest BCUT2D eigenvalue weighted by molar-refractivity contribution is 0.343. The number of nitrogens with two attached hydrogens (primary N) is 1. The maximum absolute atomic E-state index is 8.93. The van der Waals surface area contributed by atoms with Crippen LogP contribution in [0.1, 0.15) is 42.9 Å². The first-order valence-electron chi connectivity index (χ1n) is 13.9. The Morgan fingerprint density at radius 3 is 2.42 bits per heavy atom. The molecule has 2 aromatic carbocycles. The number of aromatic nitrogens is 4. The van der Waals surface area contributed by atoms with Gasteiger partial charge in [0.2, 0.25) is 0 Å². The monoisotopic (exact) mass is 537 g/mol. The summed E-state index contributed by atoms with van der Waals surface area (Å²) in [6.45, 7) is 3.95. The van der Waals surface area contributed by atoms with Gasteiger partial charge in [0.1, 0.15) is 29.5 Å². The number of benzene rings is 2. The summed E-state index contributed by atoms with van der Waals surface area (Å²) in [5, 5.41) is 20.6. The topological polar surface area (TPSA) is 130 Å². The van der Waals surface area contributed by atoms with Gasteiger partial charge in [0.25, 0.3) is 0 Å². The van der Waals surface area contributed by atoms with Crippen molar-refractivity contribution in [3.8, 4) is 11.5 Å². The van der Waals surface area contributed by atoms with Crippen LogP contribution in [0.25, 0.3) is 0 Å². The lowest BCUT2D eigenvalue weighted by atomic mass is 10.0. The van der Waals surface area contributed by atoms with E-state index in [1.165, 1.54) is 12.0 Å². The molecule has 0 saturated carbocycles. The summed E-state index contributed by atoms with van der Waals surface area (Å²) >= 11 is 0. The van der Waals surface area contributed by atoms with Crippen molar-refractivity contribution in [3.05, 3.63) is 84.4 Å². The standard InChI is InChI=1S/C30H35N9O/c31-28(21-6-8-26(9-7-21)40-25-4-2-1-3-5-25)27-29(32)34-20-35-30(27)37-22-12-16-38(17-13-22)24-18-36-39(19-24)23-10-14-33-15-11-23/h1-9,18-20,22-23,31,33H,10-17H2,(H3,32,34,35,37). The molecule has 206 valence electrons. The van der Waals surface area contributed by atoms with Gasteiger partial charge in [-0.3, -0.25) is 10.1 Å². The Morgan fingerprint density at radius 2 is 1.68 bits per heavy atom. The second-order valence-corrected chi connectivity index (χ2v) is 10.4. The van der Waals surface area contributed by atoms with Crippen LogP contribution in [0.3, 0.4) is 0 Å². The first-order valence-corrected chi connectivity index (χ1v) is 13.9. The fraction of sp³-hybridized carbons (Fsp3) is 0.333. The molecular weight excluding hydrogens is 502 g/mol. The first kappa shape index (κ1) is 25.8. The molecule has 2 aliphatic heterocycles. The van der Waals surface area contributed by atoms with E-state index in [0.29, 0.717) is 28.7 Å². The van der Waals surface area contributed by atoms with Crippen molar-refractivity contribution >= 4 is 23.0 Å². The van der Waals surface area contributed by atoms with E-state index < -0.39 is 0 Å². The minimum absolute atomic E-state index is 0.221. The SMILES string of the molecule is N=C(c1ccc(Oc2ccccc2)cc1)c1c(N)ncnc1NC1CCN(c2cnn(C3CCNCC3)c2)CC1. The molecule has 2 aromatic heterocycles. The van der Waals surface area contributed by atoms with Crippen molar-refractivity contribution in [2.45, 2.75) is 37.8 Å². The lowest BCUT2D eigenvalue weighted by Crippen LogP contribution is -2.39. The molecule has 0 bridgehead atoms. The van der Waals surface area contributed by atoms with Gasteiger partial charge in [-0.05, 0) is 75.2 Å². The molecule has 2 saturated heterocycles. The van der Waals surface area contributed by atoms with Gasteiger partial charge in [0.15, 0.2) is 0 Å². The fourth-order valence-corrected chi connectivity index (χ4v) is 5.45. The molecule has 0 atom stereocenters. The normalized spacial score (nSPS) is 16.6. The maximum Gasteiger partial charge on any atom is 0.141 e. The molecule has 6 rings (SSSR count). The summed E-state index contributed by atoms with van der Waals surface area (Å²) in [6, 6.07) is 17.8. The van der Waals surface area contributed by atoms with E-state index in [1.54, 1.807) is 0 Å². The molecule has 40 heavy (non-hydrogen) atoms. The van der Waals surface area contributed by atoms with Gasteiger partial charge < -0.3 is 26.0 Å². The summed E-state index contributed by atoms with van der Waals surface area (Å²) < 4.78 is 8.04. The molecule has 10 nitrogen and oxygen atoms in total. The van der Waals surface area contributed by atoms with Crippen molar-refractivity contribution < 1.29 is 4.74 Å². The summed E-state index contributed by atoms with van der Waals surface area (Å²) in [4.78, 5) is 11.1. The number of rotatable bonds is 8. The number of anilines is 3. The Hall–Kier alpha value is -4.44. The average molecular weight is 538 g/mol. The number of nitrogens with zero attached hydrogens (tertiary/aromatic N) is 5. The smallest absolute Gasteiger partial charge is 0.141 e. The molecule has 4 heterocycles. The molecule has 0 spiro atoms. The highest BCUT2D eigenvalue weighted by molar-refractivity contribution is 6.16. The average Bonchev–Trinajstić information content (AvgIpc) is 3.49. The van der Waals surface area contributed by atoms with Crippen LogP contribution in [-0.2, 0) is 0 Å². The van der Waals surface area contributed by atoms with Crippen LogP contribution < -0.4 is 26.0 Å². The number of ether oxygens (including phenoxy) is 1. The molecule has 2 aliphatic rings. The molecule has 10 heteroatoms. The Kier molecular flexibility index (Phi) is 7.58. The van der Waals surface area contributed by atoms with Crippen molar-refractivity contribution in [1.82, 2.24) is 25.1 Å². The van der Waals surface area contributed by atoms with Gasteiger partial charge in [-0.2, -0.15) is 5.10 Å². The molecule has 0 radical (unpaired) electrons. The van der Waals surface area contributed by atoms with Gasteiger partial charge >= 0.3 is 0 Å². The van der Waals surface area contributed by atoms with E-state index >= 15 is 0 Å². The van der Waals surface area contributed by atoms with E-state index in [1.807, 2.05) is 60.8 Å². The van der Waals surface area contributed by atoms with Gasteiger partial charge in [0.05, 0.1) is 29.2 Å². The number of piperidine rings is 2. The Labute approximate surface area is 234 Å². The molecular formula is C30H35N9O. The predicted molar refractivity (Wildman–Crippen MR) is 158 cm³/mol. The van der Waals surface area contributed by atoms with Crippen molar-refractivity contribution in [2.75, 3.05) is 42.1 Å².